The van der Waals surface area contributed by atoms with Crippen LogP contribution in [-0.4, -0.2) is 14.5 Å². The maximum atomic E-state index is 12.6. The van der Waals surface area contributed by atoms with E-state index in [0.717, 1.165) is 5.56 Å². The molecule has 0 aliphatic rings. The number of ether oxygens (including phenoxy) is 1. The van der Waals surface area contributed by atoms with Gasteiger partial charge in [0.25, 0.3) is 10.0 Å². The van der Waals surface area contributed by atoms with Gasteiger partial charge in [-0.05, 0) is 57.0 Å². The second kappa shape index (κ2) is 6.40. The van der Waals surface area contributed by atoms with E-state index in [1.165, 1.54) is 0 Å². The summed E-state index contributed by atoms with van der Waals surface area (Å²) in [6.07, 6.45) is 0.0332. The van der Waals surface area contributed by atoms with E-state index < -0.39 is 10.0 Å². The van der Waals surface area contributed by atoms with Crippen LogP contribution in [-0.2, 0) is 10.0 Å². The number of hydrogen-bond donors (Lipinski definition) is 1. The summed E-state index contributed by atoms with van der Waals surface area (Å²) in [5, 5.41) is 0. The number of rotatable bonds is 5. The van der Waals surface area contributed by atoms with Gasteiger partial charge in [-0.2, -0.15) is 0 Å². The Morgan fingerprint density at radius 2 is 1.77 bits per heavy atom. The molecule has 0 unspecified atom stereocenters. The Labute approximate surface area is 132 Å². The van der Waals surface area contributed by atoms with Crippen molar-refractivity contribution in [2.24, 2.45) is 0 Å². The van der Waals surface area contributed by atoms with Crippen LogP contribution >= 0.6 is 0 Å². The molecule has 2 aromatic carbocycles. The van der Waals surface area contributed by atoms with Crippen LogP contribution in [0.1, 0.15) is 25.0 Å². The Bertz CT molecular complexity index is 767. The molecular formula is C17H21NO3S. The molecule has 2 rings (SSSR count). The highest BCUT2D eigenvalue weighted by Crippen LogP contribution is 2.23. The van der Waals surface area contributed by atoms with Gasteiger partial charge in [0.2, 0.25) is 0 Å². The van der Waals surface area contributed by atoms with Gasteiger partial charge in [-0.15, -0.1) is 0 Å². The van der Waals surface area contributed by atoms with Crippen molar-refractivity contribution in [2.45, 2.75) is 38.7 Å². The van der Waals surface area contributed by atoms with E-state index in [1.54, 1.807) is 37.3 Å². The van der Waals surface area contributed by atoms with E-state index >= 15 is 0 Å². The van der Waals surface area contributed by atoms with Crippen molar-refractivity contribution in [1.29, 1.82) is 0 Å². The van der Waals surface area contributed by atoms with Gasteiger partial charge in [0.1, 0.15) is 5.75 Å². The second-order valence-corrected chi connectivity index (χ2v) is 7.22. The van der Waals surface area contributed by atoms with Crippen molar-refractivity contribution in [3.63, 3.8) is 0 Å². The Morgan fingerprint density at radius 1 is 1.05 bits per heavy atom. The molecule has 0 atom stereocenters. The molecule has 118 valence electrons. The standard InChI is InChI=1S/C17H21NO3S/c1-12(2)21-16-7-5-6-15(11-16)18-22(19,20)17-10-13(3)8-9-14(17)4/h5-12,18H,1-4H3. The van der Waals surface area contributed by atoms with Crippen LogP contribution in [0.25, 0.3) is 0 Å². The number of nitrogens with one attached hydrogen (secondary N) is 1. The van der Waals surface area contributed by atoms with Crippen molar-refractivity contribution >= 4 is 15.7 Å². The predicted octanol–water partition coefficient (Wildman–Crippen LogP) is 3.89. The Hall–Kier alpha value is -2.01. The second-order valence-electron chi connectivity index (χ2n) is 5.57. The molecule has 0 fully saturated rings. The van der Waals surface area contributed by atoms with E-state index in [0.29, 0.717) is 21.9 Å². The average Bonchev–Trinajstić information content (AvgIpc) is 2.40. The average molecular weight is 319 g/mol. The minimum absolute atomic E-state index is 0.0332. The Balaban J connectivity index is 2.31. The maximum absolute atomic E-state index is 12.6. The van der Waals surface area contributed by atoms with Gasteiger partial charge in [0, 0.05) is 6.07 Å². The van der Waals surface area contributed by atoms with Crippen molar-refractivity contribution in [2.75, 3.05) is 4.72 Å². The van der Waals surface area contributed by atoms with Gasteiger partial charge >= 0.3 is 0 Å². The van der Waals surface area contributed by atoms with Gasteiger partial charge in [-0.25, -0.2) is 8.42 Å². The van der Waals surface area contributed by atoms with Crippen molar-refractivity contribution in [3.05, 3.63) is 53.6 Å². The van der Waals surface area contributed by atoms with Crippen LogP contribution in [0.5, 0.6) is 5.75 Å². The van der Waals surface area contributed by atoms with Crippen LogP contribution in [0.4, 0.5) is 5.69 Å². The zero-order chi connectivity index (χ0) is 16.3. The fraction of sp³-hybridized carbons (Fsp3) is 0.294. The number of anilines is 1. The molecule has 1 N–H and O–H groups in total. The van der Waals surface area contributed by atoms with Crippen LogP contribution in [0.3, 0.4) is 0 Å². The number of sulfonamides is 1. The third kappa shape index (κ3) is 4.01. The normalized spacial score (nSPS) is 11.5. The molecule has 0 saturated carbocycles. The molecule has 0 aromatic heterocycles. The van der Waals surface area contributed by atoms with Crippen molar-refractivity contribution in [3.8, 4) is 5.75 Å². The Kier molecular flexibility index (Phi) is 4.76. The van der Waals surface area contributed by atoms with Crippen molar-refractivity contribution < 1.29 is 13.2 Å². The fourth-order valence-corrected chi connectivity index (χ4v) is 3.49. The highest BCUT2D eigenvalue weighted by atomic mass is 32.2. The van der Waals surface area contributed by atoms with E-state index in [9.17, 15) is 8.42 Å². The molecular weight excluding hydrogens is 298 g/mol. The predicted molar refractivity (Wildman–Crippen MR) is 88.9 cm³/mol. The van der Waals surface area contributed by atoms with Crippen LogP contribution in [0.15, 0.2) is 47.4 Å². The molecule has 0 spiro atoms. The quantitative estimate of drug-likeness (QED) is 0.909. The smallest absolute Gasteiger partial charge is 0.262 e. The zero-order valence-corrected chi connectivity index (χ0v) is 14.1. The van der Waals surface area contributed by atoms with E-state index in [-0.39, 0.29) is 6.10 Å². The third-order valence-corrected chi connectivity index (χ3v) is 4.61. The molecule has 5 heteroatoms. The van der Waals surface area contributed by atoms with E-state index in [2.05, 4.69) is 4.72 Å². The maximum Gasteiger partial charge on any atom is 0.262 e. The first-order valence-corrected chi connectivity index (χ1v) is 8.63. The molecule has 0 aliphatic carbocycles. The fourth-order valence-electron chi connectivity index (χ4n) is 2.11. The minimum atomic E-state index is -3.62. The number of hydrogen-bond acceptors (Lipinski definition) is 3. The summed E-state index contributed by atoms with van der Waals surface area (Å²) in [5.41, 5.74) is 2.11. The zero-order valence-electron chi connectivity index (χ0n) is 13.3. The first kappa shape index (κ1) is 16.4. The third-order valence-electron chi connectivity index (χ3n) is 3.09. The molecule has 0 aliphatic heterocycles. The molecule has 0 radical (unpaired) electrons. The lowest BCUT2D eigenvalue weighted by Crippen LogP contribution is -2.14. The van der Waals surface area contributed by atoms with Crippen LogP contribution in [0, 0.1) is 13.8 Å². The van der Waals surface area contributed by atoms with E-state index in [1.807, 2.05) is 32.9 Å². The lowest BCUT2D eigenvalue weighted by atomic mass is 10.2. The topological polar surface area (TPSA) is 55.4 Å². The summed E-state index contributed by atoms with van der Waals surface area (Å²) < 4.78 is 33.3. The summed E-state index contributed by atoms with van der Waals surface area (Å²) in [6, 6.07) is 12.3. The number of aryl methyl sites for hydroxylation is 2. The van der Waals surface area contributed by atoms with Crippen LogP contribution < -0.4 is 9.46 Å². The highest BCUT2D eigenvalue weighted by Gasteiger charge is 2.17. The van der Waals surface area contributed by atoms with Gasteiger partial charge in [-0.3, -0.25) is 4.72 Å². The summed E-state index contributed by atoms with van der Waals surface area (Å²) >= 11 is 0. The lowest BCUT2D eigenvalue weighted by Gasteiger charge is -2.13. The lowest BCUT2D eigenvalue weighted by molar-refractivity contribution is 0.242. The molecule has 0 bridgehead atoms. The van der Waals surface area contributed by atoms with E-state index in [4.69, 9.17) is 4.74 Å². The summed E-state index contributed by atoms with van der Waals surface area (Å²) in [7, 11) is -3.62. The van der Waals surface area contributed by atoms with Gasteiger partial charge < -0.3 is 4.74 Å². The number of benzene rings is 2. The van der Waals surface area contributed by atoms with Gasteiger partial charge in [0.05, 0.1) is 16.7 Å². The van der Waals surface area contributed by atoms with Crippen LogP contribution in [0.2, 0.25) is 0 Å². The monoisotopic (exact) mass is 319 g/mol. The first-order valence-electron chi connectivity index (χ1n) is 7.15. The first-order chi connectivity index (χ1) is 10.3. The van der Waals surface area contributed by atoms with Gasteiger partial charge in [0.15, 0.2) is 0 Å². The molecule has 0 amide bonds. The summed E-state index contributed by atoms with van der Waals surface area (Å²) in [5.74, 6) is 0.635. The molecule has 0 heterocycles. The van der Waals surface area contributed by atoms with Gasteiger partial charge in [-0.1, -0.05) is 18.2 Å². The molecule has 4 nitrogen and oxygen atoms in total. The summed E-state index contributed by atoms with van der Waals surface area (Å²) in [4.78, 5) is 0.294. The molecule has 22 heavy (non-hydrogen) atoms. The molecule has 2 aromatic rings. The largest absolute Gasteiger partial charge is 0.491 e. The van der Waals surface area contributed by atoms with Crippen molar-refractivity contribution in [1.82, 2.24) is 0 Å². The highest BCUT2D eigenvalue weighted by molar-refractivity contribution is 7.92. The molecule has 0 saturated heterocycles. The Morgan fingerprint density at radius 3 is 2.45 bits per heavy atom. The SMILES string of the molecule is Cc1ccc(C)c(S(=O)(=O)Nc2cccc(OC(C)C)c2)c1. The minimum Gasteiger partial charge on any atom is -0.491 e. The summed E-state index contributed by atoms with van der Waals surface area (Å²) in [6.45, 7) is 7.50.